The zero-order valence-corrected chi connectivity index (χ0v) is 16.8. The van der Waals surface area contributed by atoms with E-state index < -0.39 is 0 Å². The fraction of sp³-hybridized carbons (Fsp3) is 0.200. The van der Waals surface area contributed by atoms with Crippen molar-refractivity contribution >= 4 is 33.2 Å². The molecule has 0 bridgehead atoms. The van der Waals surface area contributed by atoms with E-state index in [9.17, 15) is 4.79 Å². The Morgan fingerprint density at radius 2 is 2.08 bits per heavy atom. The van der Waals surface area contributed by atoms with Crippen LogP contribution in [0.2, 0.25) is 0 Å². The van der Waals surface area contributed by atoms with Crippen LogP contribution in [0.1, 0.15) is 11.3 Å². The Morgan fingerprint density at radius 3 is 2.88 bits per heavy atom. The molecule has 6 heteroatoms. The normalized spacial score (nSPS) is 10.5. The molecule has 0 radical (unpaired) electrons. The van der Waals surface area contributed by atoms with Crippen LogP contribution in [0.25, 0.3) is 10.6 Å². The number of hydrogen-bond acceptors (Lipinski definition) is 4. The minimum atomic E-state index is -0.0519. The molecule has 134 valence electrons. The van der Waals surface area contributed by atoms with Crippen LogP contribution in [-0.4, -0.2) is 24.0 Å². The summed E-state index contributed by atoms with van der Waals surface area (Å²) < 4.78 is 6.64. The number of nitrogens with one attached hydrogen (secondary N) is 1. The van der Waals surface area contributed by atoms with Gasteiger partial charge in [0.25, 0.3) is 0 Å². The minimum Gasteiger partial charge on any atom is -0.492 e. The van der Waals surface area contributed by atoms with Crippen LogP contribution in [0, 0.1) is 6.92 Å². The second-order valence-electron chi connectivity index (χ2n) is 5.85. The first-order valence-corrected chi connectivity index (χ1v) is 9.94. The van der Waals surface area contributed by atoms with E-state index >= 15 is 0 Å². The molecule has 0 unspecified atom stereocenters. The quantitative estimate of drug-likeness (QED) is 0.556. The maximum absolute atomic E-state index is 12.1. The van der Waals surface area contributed by atoms with Crippen molar-refractivity contribution in [3.63, 3.8) is 0 Å². The predicted molar refractivity (Wildman–Crippen MR) is 109 cm³/mol. The molecule has 1 N–H and O–H groups in total. The minimum absolute atomic E-state index is 0.0519. The number of carbonyl (C=O) groups is 1. The maximum Gasteiger partial charge on any atom is 0.226 e. The summed E-state index contributed by atoms with van der Waals surface area (Å²) in [5.41, 5.74) is 2.97. The van der Waals surface area contributed by atoms with E-state index in [1.54, 1.807) is 11.3 Å². The van der Waals surface area contributed by atoms with E-state index in [4.69, 9.17) is 4.74 Å². The lowest BCUT2D eigenvalue weighted by Gasteiger charge is -2.07. The van der Waals surface area contributed by atoms with Crippen LogP contribution in [0.3, 0.4) is 0 Å². The van der Waals surface area contributed by atoms with Crippen molar-refractivity contribution in [2.75, 3.05) is 13.2 Å². The third-order valence-electron chi connectivity index (χ3n) is 3.65. The lowest BCUT2D eigenvalue weighted by molar-refractivity contribution is -0.120. The predicted octanol–water partition coefficient (Wildman–Crippen LogP) is 4.62. The number of ether oxygens (including phenoxy) is 1. The van der Waals surface area contributed by atoms with Crippen molar-refractivity contribution in [3.8, 4) is 16.3 Å². The molecule has 0 fully saturated rings. The zero-order chi connectivity index (χ0) is 18.4. The summed E-state index contributed by atoms with van der Waals surface area (Å²) in [6, 6.07) is 15.8. The van der Waals surface area contributed by atoms with Gasteiger partial charge in [0.05, 0.1) is 18.7 Å². The van der Waals surface area contributed by atoms with Gasteiger partial charge in [0.1, 0.15) is 17.4 Å². The van der Waals surface area contributed by atoms with Crippen molar-refractivity contribution < 1.29 is 9.53 Å². The van der Waals surface area contributed by atoms with Crippen LogP contribution < -0.4 is 10.1 Å². The van der Waals surface area contributed by atoms with Gasteiger partial charge in [-0.3, -0.25) is 4.79 Å². The lowest BCUT2D eigenvalue weighted by atomic mass is 10.2. The molecular formula is C20H19BrN2O2S. The Balaban J connectivity index is 1.45. The maximum atomic E-state index is 12.1. The monoisotopic (exact) mass is 430 g/mol. The van der Waals surface area contributed by atoms with E-state index in [0.717, 1.165) is 32.1 Å². The van der Waals surface area contributed by atoms with Crippen molar-refractivity contribution in [3.05, 3.63) is 69.6 Å². The zero-order valence-electron chi connectivity index (χ0n) is 14.4. The number of aromatic nitrogens is 1. The van der Waals surface area contributed by atoms with E-state index in [1.807, 2.05) is 60.8 Å². The van der Waals surface area contributed by atoms with E-state index in [-0.39, 0.29) is 12.3 Å². The van der Waals surface area contributed by atoms with Crippen LogP contribution >= 0.6 is 27.3 Å². The van der Waals surface area contributed by atoms with Gasteiger partial charge in [-0.1, -0.05) is 40.2 Å². The molecule has 0 spiro atoms. The van der Waals surface area contributed by atoms with Gasteiger partial charge >= 0.3 is 0 Å². The van der Waals surface area contributed by atoms with E-state index in [1.165, 1.54) is 0 Å². The standard InChI is InChI=1S/C20H19BrN2O2S/c1-14-4-2-7-18(10-14)25-9-8-22-19(24)12-17-13-26-20(23-17)15-5-3-6-16(21)11-15/h2-7,10-11,13H,8-9,12H2,1H3,(H,22,24). The van der Waals surface area contributed by atoms with Gasteiger partial charge in [0, 0.05) is 15.4 Å². The summed E-state index contributed by atoms with van der Waals surface area (Å²) in [5, 5.41) is 5.71. The van der Waals surface area contributed by atoms with Crippen LogP contribution in [0.5, 0.6) is 5.75 Å². The Bertz CT molecular complexity index is 895. The number of hydrogen-bond donors (Lipinski definition) is 1. The molecule has 0 aliphatic rings. The summed E-state index contributed by atoms with van der Waals surface area (Å²) in [6.07, 6.45) is 0.273. The van der Waals surface area contributed by atoms with Gasteiger partial charge in [-0.25, -0.2) is 4.98 Å². The molecule has 0 aliphatic heterocycles. The van der Waals surface area contributed by atoms with Gasteiger partial charge in [-0.2, -0.15) is 0 Å². The molecular weight excluding hydrogens is 412 g/mol. The highest BCUT2D eigenvalue weighted by Gasteiger charge is 2.09. The molecule has 0 atom stereocenters. The number of carbonyl (C=O) groups excluding carboxylic acids is 1. The number of amides is 1. The molecule has 4 nitrogen and oxygen atoms in total. The molecule has 3 rings (SSSR count). The van der Waals surface area contributed by atoms with Crippen LogP contribution in [0.4, 0.5) is 0 Å². The molecule has 1 heterocycles. The molecule has 0 aliphatic carbocycles. The van der Waals surface area contributed by atoms with Gasteiger partial charge < -0.3 is 10.1 Å². The molecule has 0 saturated heterocycles. The van der Waals surface area contributed by atoms with Gasteiger partial charge in [0.2, 0.25) is 5.91 Å². The summed E-state index contributed by atoms with van der Waals surface area (Å²) >= 11 is 5.01. The third kappa shape index (κ3) is 5.41. The fourth-order valence-corrected chi connectivity index (χ4v) is 3.65. The average Bonchev–Trinajstić information content (AvgIpc) is 3.07. The van der Waals surface area contributed by atoms with Crippen LogP contribution in [-0.2, 0) is 11.2 Å². The number of thiazole rings is 1. The van der Waals surface area contributed by atoms with Crippen molar-refractivity contribution in [1.29, 1.82) is 0 Å². The molecule has 2 aromatic carbocycles. The van der Waals surface area contributed by atoms with Crippen LogP contribution in [0.15, 0.2) is 58.4 Å². The Hall–Kier alpha value is -2.18. The lowest BCUT2D eigenvalue weighted by Crippen LogP contribution is -2.29. The highest BCUT2D eigenvalue weighted by Crippen LogP contribution is 2.26. The third-order valence-corrected chi connectivity index (χ3v) is 5.08. The molecule has 1 amide bonds. The summed E-state index contributed by atoms with van der Waals surface area (Å²) in [5.74, 6) is 0.765. The topological polar surface area (TPSA) is 51.2 Å². The molecule has 1 aromatic heterocycles. The number of nitrogens with zero attached hydrogens (tertiary/aromatic N) is 1. The summed E-state index contributed by atoms with van der Waals surface area (Å²) in [4.78, 5) is 16.6. The Kier molecular flexibility index (Phi) is 6.41. The second-order valence-corrected chi connectivity index (χ2v) is 7.62. The van der Waals surface area contributed by atoms with E-state index in [2.05, 4.69) is 26.2 Å². The van der Waals surface area contributed by atoms with Crippen molar-refractivity contribution in [1.82, 2.24) is 10.3 Å². The largest absolute Gasteiger partial charge is 0.492 e. The molecule has 3 aromatic rings. The van der Waals surface area contributed by atoms with Gasteiger partial charge in [-0.05, 0) is 36.8 Å². The highest BCUT2D eigenvalue weighted by molar-refractivity contribution is 9.10. The number of aryl methyl sites for hydroxylation is 1. The summed E-state index contributed by atoms with van der Waals surface area (Å²) in [7, 11) is 0. The fourth-order valence-electron chi connectivity index (χ4n) is 2.43. The smallest absolute Gasteiger partial charge is 0.226 e. The van der Waals surface area contributed by atoms with E-state index in [0.29, 0.717) is 13.2 Å². The first-order valence-electron chi connectivity index (χ1n) is 8.27. The average molecular weight is 431 g/mol. The summed E-state index contributed by atoms with van der Waals surface area (Å²) in [6.45, 7) is 2.93. The first kappa shape index (κ1) is 18.6. The molecule has 0 saturated carbocycles. The van der Waals surface area contributed by atoms with Crippen molar-refractivity contribution in [2.45, 2.75) is 13.3 Å². The van der Waals surface area contributed by atoms with Gasteiger partial charge in [-0.15, -0.1) is 11.3 Å². The van der Waals surface area contributed by atoms with Crippen molar-refractivity contribution in [2.24, 2.45) is 0 Å². The highest BCUT2D eigenvalue weighted by atomic mass is 79.9. The number of benzene rings is 2. The number of rotatable bonds is 7. The Labute approximate surface area is 165 Å². The van der Waals surface area contributed by atoms with Gasteiger partial charge in [0.15, 0.2) is 0 Å². The Morgan fingerprint density at radius 1 is 1.23 bits per heavy atom. The SMILES string of the molecule is Cc1cccc(OCCNC(=O)Cc2csc(-c3cccc(Br)c3)n2)c1. The first-order chi connectivity index (χ1) is 12.6. The second kappa shape index (κ2) is 8.96. The number of halogens is 1. The molecule has 26 heavy (non-hydrogen) atoms.